The summed E-state index contributed by atoms with van der Waals surface area (Å²) in [5.74, 6) is -0.0481. The summed E-state index contributed by atoms with van der Waals surface area (Å²) in [7, 11) is -0.826. The number of hydrogen-bond donors (Lipinski definition) is 2. The molecule has 1 aromatic heterocycles. The fourth-order valence-corrected chi connectivity index (χ4v) is 3.00. The predicted molar refractivity (Wildman–Crippen MR) is 63.7 cm³/mol. The molecule has 1 heterocycles. The number of rotatable bonds is 4. The molecule has 0 aromatic carbocycles. The minimum Gasteiger partial charge on any atom is -0.394 e. The molecule has 1 rings (SSSR count). The van der Waals surface area contributed by atoms with Gasteiger partial charge < -0.3 is 15.4 Å². The number of sulfonamides is 1. The fourth-order valence-electron chi connectivity index (χ4n) is 1.31. The zero-order valence-electron chi connectivity index (χ0n) is 10.4. The minimum absolute atomic E-state index is 0.0481. The highest BCUT2D eigenvalue weighted by atomic mass is 32.2. The lowest BCUT2D eigenvalue weighted by Gasteiger charge is -2.32. The zero-order valence-corrected chi connectivity index (χ0v) is 11.2. The number of aliphatic hydroxyl groups excluding tert-OH is 1. The molecule has 0 aliphatic rings. The molecule has 98 valence electrons. The summed E-state index contributed by atoms with van der Waals surface area (Å²) in [5, 5.41) is 9.14. The third-order valence-electron chi connectivity index (χ3n) is 2.75. The quantitative estimate of drug-likeness (QED) is 0.754. The molecule has 0 bridgehead atoms. The number of aliphatic hydroxyl groups is 1. The first-order valence-corrected chi connectivity index (χ1v) is 6.45. The van der Waals surface area contributed by atoms with E-state index in [-0.39, 0.29) is 17.5 Å². The topological polar surface area (TPSA) is 101 Å². The molecule has 0 aliphatic carbocycles. The summed E-state index contributed by atoms with van der Waals surface area (Å²) in [4.78, 5) is 3.75. The largest absolute Gasteiger partial charge is 0.394 e. The predicted octanol–water partition coefficient (Wildman–Crippen LogP) is -0.606. The maximum atomic E-state index is 12.3. The van der Waals surface area contributed by atoms with Gasteiger partial charge in [-0.05, 0) is 13.8 Å². The molecule has 0 unspecified atom stereocenters. The summed E-state index contributed by atoms with van der Waals surface area (Å²) >= 11 is 0. The maximum Gasteiger partial charge on any atom is 0.262 e. The number of hydrogen-bond acceptors (Lipinski definition) is 5. The van der Waals surface area contributed by atoms with Gasteiger partial charge in [0.1, 0.15) is 0 Å². The van der Waals surface area contributed by atoms with Crippen LogP contribution in [0.2, 0.25) is 0 Å². The van der Waals surface area contributed by atoms with Gasteiger partial charge in [-0.3, -0.25) is 0 Å². The van der Waals surface area contributed by atoms with E-state index in [0.717, 1.165) is 4.31 Å². The van der Waals surface area contributed by atoms with Crippen LogP contribution >= 0.6 is 0 Å². The van der Waals surface area contributed by atoms with Gasteiger partial charge in [0, 0.05) is 14.1 Å². The van der Waals surface area contributed by atoms with E-state index < -0.39 is 15.6 Å². The second kappa shape index (κ2) is 4.28. The van der Waals surface area contributed by atoms with Crippen LogP contribution in [0.1, 0.15) is 13.8 Å². The molecule has 0 saturated heterocycles. The molecule has 0 aliphatic heterocycles. The van der Waals surface area contributed by atoms with E-state index in [2.05, 4.69) is 4.98 Å². The lowest BCUT2D eigenvalue weighted by atomic mass is 10.1. The van der Waals surface area contributed by atoms with E-state index in [1.54, 1.807) is 20.9 Å². The SMILES string of the molecule is CN(C(C)(C)CO)S(=O)(=O)c1c(N)ncn1C. The van der Waals surface area contributed by atoms with Crippen molar-refractivity contribution >= 4 is 15.8 Å². The summed E-state index contributed by atoms with van der Waals surface area (Å²) in [6, 6.07) is 0. The van der Waals surface area contributed by atoms with Crippen molar-refractivity contribution in [2.75, 3.05) is 19.4 Å². The standard InChI is InChI=1S/C9H18N4O3S/c1-9(2,5-14)13(4)17(15,16)8-7(10)11-6-12(8)3/h6,14H,5,10H2,1-4H3. The van der Waals surface area contributed by atoms with E-state index in [4.69, 9.17) is 5.73 Å². The van der Waals surface area contributed by atoms with E-state index in [0.29, 0.717) is 0 Å². The molecule has 17 heavy (non-hydrogen) atoms. The molecule has 0 spiro atoms. The fraction of sp³-hybridized carbons (Fsp3) is 0.667. The van der Waals surface area contributed by atoms with Gasteiger partial charge in [0.2, 0.25) is 0 Å². The van der Waals surface area contributed by atoms with E-state index in [9.17, 15) is 13.5 Å². The maximum absolute atomic E-state index is 12.3. The van der Waals surface area contributed by atoms with E-state index in [1.165, 1.54) is 17.9 Å². The molecule has 8 heteroatoms. The Morgan fingerprint density at radius 3 is 2.47 bits per heavy atom. The monoisotopic (exact) mass is 262 g/mol. The van der Waals surface area contributed by atoms with Crippen molar-refractivity contribution < 1.29 is 13.5 Å². The number of anilines is 1. The van der Waals surface area contributed by atoms with Gasteiger partial charge in [-0.25, -0.2) is 13.4 Å². The zero-order chi connectivity index (χ0) is 13.4. The Balaban J connectivity index is 3.31. The first-order chi connectivity index (χ1) is 7.64. The van der Waals surface area contributed by atoms with Crippen LogP contribution in [-0.2, 0) is 17.1 Å². The molecule has 0 fully saturated rings. The highest BCUT2D eigenvalue weighted by Crippen LogP contribution is 2.25. The molecule has 0 atom stereocenters. The van der Waals surface area contributed by atoms with Crippen molar-refractivity contribution in [3.63, 3.8) is 0 Å². The summed E-state index contributed by atoms with van der Waals surface area (Å²) in [5.41, 5.74) is 4.64. The van der Waals surface area contributed by atoms with E-state index >= 15 is 0 Å². The van der Waals surface area contributed by atoms with Crippen molar-refractivity contribution in [2.24, 2.45) is 7.05 Å². The highest BCUT2D eigenvalue weighted by molar-refractivity contribution is 7.89. The highest BCUT2D eigenvalue weighted by Gasteiger charge is 2.36. The number of nitrogens with zero attached hydrogens (tertiary/aromatic N) is 3. The van der Waals surface area contributed by atoms with Crippen molar-refractivity contribution in [1.29, 1.82) is 0 Å². The number of aryl methyl sites for hydroxylation is 1. The second-order valence-corrected chi connectivity index (χ2v) is 6.37. The molecular formula is C9H18N4O3S. The van der Waals surface area contributed by atoms with Crippen LogP contribution in [0.3, 0.4) is 0 Å². The number of likely N-dealkylation sites (N-methyl/N-ethyl adjacent to an activating group) is 1. The van der Waals surface area contributed by atoms with E-state index in [1.807, 2.05) is 0 Å². The Morgan fingerprint density at radius 2 is 2.12 bits per heavy atom. The van der Waals surface area contributed by atoms with Crippen LogP contribution < -0.4 is 5.73 Å². The van der Waals surface area contributed by atoms with Gasteiger partial charge in [-0.1, -0.05) is 0 Å². The van der Waals surface area contributed by atoms with Crippen LogP contribution in [0.25, 0.3) is 0 Å². The van der Waals surface area contributed by atoms with Crippen molar-refractivity contribution in [3.8, 4) is 0 Å². The summed E-state index contributed by atoms with van der Waals surface area (Å²) in [6.45, 7) is 2.95. The van der Waals surface area contributed by atoms with Gasteiger partial charge >= 0.3 is 0 Å². The number of nitrogen functional groups attached to an aromatic ring is 1. The Morgan fingerprint density at radius 1 is 1.59 bits per heavy atom. The first-order valence-electron chi connectivity index (χ1n) is 5.01. The smallest absolute Gasteiger partial charge is 0.262 e. The Kier molecular flexibility index (Phi) is 3.51. The van der Waals surface area contributed by atoms with Crippen LogP contribution in [0.15, 0.2) is 11.4 Å². The number of imidazole rings is 1. The summed E-state index contributed by atoms with van der Waals surface area (Å²) < 4.78 is 27.1. The average molecular weight is 262 g/mol. The molecular weight excluding hydrogens is 244 g/mol. The normalized spacial score (nSPS) is 13.3. The molecule has 7 nitrogen and oxygen atoms in total. The van der Waals surface area contributed by atoms with Crippen LogP contribution in [0.5, 0.6) is 0 Å². The average Bonchev–Trinajstić information content (AvgIpc) is 2.57. The lowest BCUT2D eigenvalue weighted by Crippen LogP contribution is -2.48. The van der Waals surface area contributed by atoms with Crippen LogP contribution in [0.4, 0.5) is 5.82 Å². The Labute approximate surface area is 101 Å². The van der Waals surface area contributed by atoms with Crippen LogP contribution in [0, 0.1) is 0 Å². The van der Waals surface area contributed by atoms with Gasteiger partial charge in [0.15, 0.2) is 10.8 Å². The van der Waals surface area contributed by atoms with Crippen LogP contribution in [-0.4, -0.2) is 46.6 Å². The van der Waals surface area contributed by atoms with Gasteiger partial charge in [0.05, 0.1) is 18.5 Å². The molecule has 3 N–H and O–H groups in total. The van der Waals surface area contributed by atoms with Gasteiger partial charge in [-0.2, -0.15) is 4.31 Å². The minimum atomic E-state index is -3.78. The third kappa shape index (κ3) is 2.28. The van der Waals surface area contributed by atoms with Gasteiger partial charge in [0.25, 0.3) is 10.0 Å². The molecule has 1 aromatic rings. The number of nitrogens with two attached hydrogens (primary N) is 1. The van der Waals surface area contributed by atoms with Crippen molar-refractivity contribution in [3.05, 3.63) is 6.33 Å². The molecule has 0 amide bonds. The summed E-state index contributed by atoms with van der Waals surface area (Å²) in [6.07, 6.45) is 1.34. The number of aromatic nitrogens is 2. The first kappa shape index (κ1) is 13.9. The van der Waals surface area contributed by atoms with Crippen molar-refractivity contribution in [1.82, 2.24) is 13.9 Å². The van der Waals surface area contributed by atoms with Gasteiger partial charge in [-0.15, -0.1) is 0 Å². The lowest BCUT2D eigenvalue weighted by molar-refractivity contribution is 0.137. The third-order valence-corrected chi connectivity index (χ3v) is 4.95. The molecule has 0 radical (unpaired) electrons. The van der Waals surface area contributed by atoms with Crippen molar-refractivity contribution in [2.45, 2.75) is 24.4 Å². The second-order valence-electron chi connectivity index (χ2n) is 4.49. The Hall–Kier alpha value is -1.12. The Bertz CT molecular complexity index is 487. The molecule has 0 saturated carbocycles.